The molecule has 2 rings (SSSR count). The molecule has 2 N–H and O–H groups in total. The van der Waals surface area contributed by atoms with E-state index in [1.54, 1.807) is 0 Å². The van der Waals surface area contributed by atoms with Crippen LogP contribution in [-0.2, 0) is 4.79 Å². The fourth-order valence-electron chi connectivity index (χ4n) is 3.40. The summed E-state index contributed by atoms with van der Waals surface area (Å²) < 4.78 is 0. The number of nitrogens with zero attached hydrogens (tertiary/aromatic N) is 1. The number of carbonyl (C=O) groups excluding carboxylic acids is 1. The summed E-state index contributed by atoms with van der Waals surface area (Å²) in [5.41, 5.74) is 11.2. The topological polar surface area (TPSA) is 46.3 Å². The van der Waals surface area contributed by atoms with Crippen LogP contribution in [0.4, 0.5) is 0 Å². The molecule has 0 saturated carbocycles. The molecule has 0 radical (unpaired) electrons. The van der Waals surface area contributed by atoms with Crippen LogP contribution in [0.1, 0.15) is 48.6 Å². The zero-order valence-corrected chi connectivity index (χ0v) is 12.5. The van der Waals surface area contributed by atoms with E-state index in [1.807, 2.05) is 4.90 Å². The Kier molecular flexibility index (Phi) is 3.68. The van der Waals surface area contributed by atoms with E-state index in [4.69, 9.17) is 5.73 Å². The van der Waals surface area contributed by atoms with Crippen LogP contribution in [0.3, 0.4) is 0 Å². The van der Waals surface area contributed by atoms with Crippen molar-refractivity contribution in [3.63, 3.8) is 0 Å². The normalized spacial score (nSPS) is 23.5. The van der Waals surface area contributed by atoms with E-state index in [1.165, 1.54) is 22.3 Å². The van der Waals surface area contributed by atoms with Gasteiger partial charge in [0, 0.05) is 18.5 Å². The van der Waals surface area contributed by atoms with E-state index in [0.717, 1.165) is 0 Å². The van der Waals surface area contributed by atoms with Gasteiger partial charge in [-0.1, -0.05) is 17.7 Å². The number of rotatable bonds is 2. The summed E-state index contributed by atoms with van der Waals surface area (Å²) in [6.45, 7) is 10.4. The molecule has 0 bridgehead atoms. The first-order chi connectivity index (χ1) is 8.82. The molecule has 0 aliphatic carbocycles. The molecule has 1 heterocycles. The Morgan fingerprint density at radius 2 is 1.74 bits per heavy atom. The zero-order valence-electron chi connectivity index (χ0n) is 12.5. The van der Waals surface area contributed by atoms with Gasteiger partial charge in [-0.2, -0.15) is 0 Å². The van der Waals surface area contributed by atoms with E-state index in [-0.39, 0.29) is 24.0 Å². The number of likely N-dealkylation sites (tertiary alicyclic amines) is 1. The third kappa shape index (κ3) is 2.39. The second kappa shape index (κ2) is 4.97. The number of nitrogens with two attached hydrogens (primary N) is 1. The maximum absolute atomic E-state index is 12.1. The molecule has 1 aromatic carbocycles. The Bertz CT molecular complexity index is 484. The van der Waals surface area contributed by atoms with Crippen LogP contribution in [0, 0.1) is 20.8 Å². The summed E-state index contributed by atoms with van der Waals surface area (Å²) in [6.07, 6.45) is 0.454. The fourth-order valence-corrected chi connectivity index (χ4v) is 3.40. The Morgan fingerprint density at radius 1 is 1.21 bits per heavy atom. The lowest BCUT2D eigenvalue weighted by atomic mass is 9.90. The lowest BCUT2D eigenvalue weighted by molar-refractivity contribution is -0.130. The van der Waals surface area contributed by atoms with Gasteiger partial charge in [0.2, 0.25) is 5.91 Å². The second-order valence-corrected chi connectivity index (χ2v) is 6.02. The molecule has 1 aliphatic rings. The maximum atomic E-state index is 12.1. The molecule has 1 saturated heterocycles. The van der Waals surface area contributed by atoms with Crippen LogP contribution in [0.15, 0.2) is 12.1 Å². The quantitative estimate of drug-likeness (QED) is 0.888. The summed E-state index contributed by atoms with van der Waals surface area (Å²) in [6, 6.07) is 4.46. The smallest absolute Gasteiger partial charge is 0.225 e. The molecule has 3 heteroatoms. The molecule has 0 spiro atoms. The Hall–Kier alpha value is -1.35. The minimum absolute atomic E-state index is 0.0214. The van der Waals surface area contributed by atoms with Gasteiger partial charge in [0.1, 0.15) is 0 Å². The van der Waals surface area contributed by atoms with Gasteiger partial charge in [0.05, 0.1) is 6.04 Å². The standard InChI is InChI=1S/C16H24N2O/c1-9(2)18-14(19)8-13(17)16(18)15-11(4)6-10(3)7-12(15)5/h6-7,9,13,16H,8,17H2,1-5H3. The van der Waals surface area contributed by atoms with Gasteiger partial charge >= 0.3 is 0 Å². The lowest BCUT2D eigenvalue weighted by Crippen LogP contribution is -2.38. The van der Waals surface area contributed by atoms with E-state index >= 15 is 0 Å². The second-order valence-electron chi connectivity index (χ2n) is 6.02. The van der Waals surface area contributed by atoms with E-state index < -0.39 is 0 Å². The Balaban J connectivity index is 2.53. The molecule has 1 amide bonds. The van der Waals surface area contributed by atoms with Crippen molar-refractivity contribution in [2.24, 2.45) is 5.73 Å². The summed E-state index contributed by atoms with van der Waals surface area (Å²) in [4.78, 5) is 14.1. The summed E-state index contributed by atoms with van der Waals surface area (Å²) >= 11 is 0. The molecule has 1 fully saturated rings. The van der Waals surface area contributed by atoms with Crippen molar-refractivity contribution in [3.05, 3.63) is 34.4 Å². The monoisotopic (exact) mass is 260 g/mol. The predicted octanol–water partition coefficient (Wildman–Crippen LogP) is 2.62. The molecule has 1 aliphatic heterocycles. The van der Waals surface area contributed by atoms with Crippen molar-refractivity contribution in [1.82, 2.24) is 4.90 Å². The van der Waals surface area contributed by atoms with Crippen LogP contribution in [0.2, 0.25) is 0 Å². The number of amides is 1. The van der Waals surface area contributed by atoms with Crippen molar-refractivity contribution < 1.29 is 4.79 Å². The molecule has 2 atom stereocenters. The minimum atomic E-state index is -0.102. The molecule has 3 nitrogen and oxygen atoms in total. The number of carbonyl (C=O) groups is 1. The first kappa shape index (κ1) is 14.1. The van der Waals surface area contributed by atoms with Crippen LogP contribution >= 0.6 is 0 Å². The number of hydrogen-bond acceptors (Lipinski definition) is 2. The van der Waals surface area contributed by atoms with E-state index in [0.29, 0.717) is 6.42 Å². The number of benzene rings is 1. The number of aryl methyl sites for hydroxylation is 3. The number of hydrogen-bond donors (Lipinski definition) is 1. The molecule has 104 valence electrons. The third-order valence-electron chi connectivity index (χ3n) is 3.99. The molecular formula is C16H24N2O. The minimum Gasteiger partial charge on any atom is -0.332 e. The van der Waals surface area contributed by atoms with Crippen molar-refractivity contribution >= 4 is 5.91 Å². The zero-order chi connectivity index (χ0) is 14.3. The van der Waals surface area contributed by atoms with Gasteiger partial charge in [-0.25, -0.2) is 0 Å². The largest absolute Gasteiger partial charge is 0.332 e. The van der Waals surface area contributed by atoms with Gasteiger partial charge in [-0.3, -0.25) is 4.79 Å². The highest BCUT2D eigenvalue weighted by Gasteiger charge is 2.41. The van der Waals surface area contributed by atoms with Crippen LogP contribution in [0.25, 0.3) is 0 Å². The molecule has 19 heavy (non-hydrogen) atoms. The van der Waals surface area contributed by atoms with Crippen LogP contribution in [-0.4, -0.2) is 22.9 Å². The molecule has 0 aromatic heterocycles. The highest BCUT2D eigenvalue weighted by Crippen LogP contribution is 2.37. The highest BCUT2D eigenvalue weighted by atomic mass is 16.2. The molecule has 1 aromatic rings. The summed E-state index contributed by atoms with van der Waals surface area (Å²) in [5, 5.41) is 0. The summed E-state index contributed by atoms with van der Waals surface area (Å²) in [7, 11) is 0. The van der Waals surface area contributed by atoms with Gasteiger partial charge in [0.25, 0.3) is 0 Å². The van der Waals surface area contributed by atoms with Crippen molar-refractivity contribution in [2.75, 3.05) is 0 Å². The first-order valence-electron chi connectivity index (χ1n) is 6.97. The lowest BCUT2D eigenvalue weighted by Gasteiger charge is -2.33. The Labute approximate surface area is 115 Å². The average Bonchev–Trinajstić information content (AvgIpc) is 2.52. The average molecular weight is 260 g/mol. The van der Waals surface area contributed by atoms with Gasteiger partial charge in [0.15, 0.2) is 0 Å². The first-order valence-corrected chi connectivity index (χ1v) is 6.97. The van der Waals surface area contributed by atoms with Crippen molar-refractivity contribution in [2.45, 2.75) is 59.2 Å². The molecule has 2 unspecified atom stereocenters. The highest BCUT2D eigenvalue weighted by molar-refractivity contribution is 5.81. The van der Waals surface area contributed by atoms with Crippen LogP contribution < -0.4 is 5.73 Å². The SMILES string of the molecule is Cc1cc(C)c(C2C(N)CC(=O)N2C(C)C)c(C)c1. The van der Waals surface area contributed by atoms with Gasteiger partial charge in [-0.05, 0) is 51.3 Å². The van der Waals surface area contributed by atoms with Crippen molar-refractivity contribution in [1.29, 1.82) is 0 Å². The third-order valence-corrected chi connectivity index (χ3v) is 3.99. The fraction of sp³-hybridized carbons (Fsp3) is 0.562. The van der Waals surface area contributed by atoms with Crippen LogP contribution in [0.5, 0.6) is 0 Å². The predicted molar refractivity (Wildman–Crippen MR) is 78.0 cm³/mol. The van der Waals surface area contributed by atoms with Crippen molar-refractivity contribution in [3.8, 4) is 0 Å². The van der Waals surface area contributed by atoms with Gasteiger partial charge in [-0.15, -0.1) is 0 Å². The van der Waals surface area contributed by atoms with E-state index in [2.05, 4.69) is 46.8 Å². The summed E-state index contributed by atoms with van der Waals surface area (Å²) in [5.74, 6) is 0.173. The molecular weight excluding hydrogens is 236 g/mol. The maximum Gasteiger partial charge on any atom is 0.225 e. The Morgan fingerprint density at radius 3 is 2.21 bits per heavy atom. The van der Waals surface area contributed by atoms with Gasteiger partial charge < -0.3 is 10.6 Å². The van der Waals surface area contributed by atoms with E-state index in [9.17, 15) is 4.79 Å².